The third kappa shape index (κ3) is 7.94. The highest BCUT2D eigenvalue weighted by Crippen LogP contribution is 2.36. The molecule has 1 saturated carbocycles. The van der Waals surface area contributed by atoms with E-state index < -0.39 is 23.8 Å². The zero-order valence-corrected chi connectivity index (χ0v) is 23.2. The molecule has 1 aliphatic rings. The SMILES string of the molecule is C=Cc1cccc(C(C(=O)NCc2ccccc2)N(C(=O)C(NC(=O)OC(C)(C)C)C(C)CC)C2CC2)c1. The summed E-state index contributed by atoms with van der Waals surface area (Å²) in [7, 11) is 0. The van der Waals surface area contributed by atoms with Crippen LogP contribution in [0.4, 0.5) is 4.79 Å². The van der Waals surface area contributed by atoms with Crippen LogP contribution in [0.15, 0.2) is 61.2 Å². The van der Waals surface area contributed by atoms with Crippen molar-refractivity contribution in [2.24, 2.45) is 5.92 Å². The van der Waals surface area contributed by atoms with Crippen LogP contribution in [0.5, 0.6) is 0 Å². The number of nitrogens with one attached hydrogen (secondary N) is 2. The number of hydrogen-bond donors (Lipinski definition) is 2. The summed E-state index contributed by atoms with van der Waals surface area (Å²) in [5.41, 5.74) is 1.83. The highest BCUT2D eigenvalue weighted by molar-refractivity contribution is 5.92. The Kier molecular flexibility index (Phi) is 9.72. The lowest BCUT2D eigenvalue weighted by Gasteiger charge is -2.36. The Morgan fingerprint density at radius 2 is 1.79 bits per heavy atom. The third-order valence-electron chi connectivity index (χ3n) is 6.64. The van der Waals surface area contributed by atoms with Gasteiger partial charge in [0.25, 0.3) is 0 Å². The normalized spacial score (nSPS) is 15.5. The molecule has 3 amide bonds. The van der Waals surface area contributed by atoms with Gasteiger partial charge in [-0.1, -0.05) is 81.5 Å². The zero-order valence-electron chi connectivity index (χ0n) is 23.2. The predicted molar refractivity (Wildman–Crippen MR) is 150 cm³/mol. The lowest BCUT2D eigenvalue weighted by molar-refractivity contribution is -0.144. The maximum Gasteiger partial charge on any atom is 0.408 e. The van der Waals surface area contributed by atoms with Gasteiger partial charge in [-0.3, -0.25) is 9.59 Å². The van der Waals surface area contributed by atoms with Crippen LogP contribution in [-0.2, 0) is 20.9 Å². The lowest BCUT2D eigenvalue weighted by atomic mass is 9.95. The first-order valence-corrected chi connectivity index (χ1v) is 13.4. The fraction of sp³-hybridized carbons (Fsp3) is 0.452. The topological polar surface area (TPSA) is 87.7 Å². The molecule has 0 radical (unpaired) electrons. The van der Waals surface area contributed by atoms with Crippen molar-refractivity contribution < 1.29 is 19.1 Å². The van der Waals surface area contributed by atoms with E-state index >= 15 is 0 Å². The van der Waals surface area contributed by atoms with E-state index in [-0.39, 0.29) is 23.8 Å². The molecule has 7 nitrogen and oxygen atoms in total. The highest BCUT2D eigenvalue weighted by atomic mass is 16.6. The maximum atomic E-state index is 14.2. The van der Waals surface area contributed by atoms with Crippen LogP contribution >= 0.6 is 0 Å². The molecule has 0 heterocycles. The second-order valence-corrected chi connectivity index (χ2v) is 11.0. The monoisotopic (exact) mass is 519 g/mol. The van der Waals surface area contributed by atoms with Crippen molar-refractivity contribution in [1.82, 2.24) is 15.5 Å². The number of amides is 3. The Labute approximate surface area is 226 Å². The van der Waals surface area contributed by atoms with Crippen molar-refractivity contribution in [3.05, 3.63) is 77.9 Å². The summed E-state index contributed by atoms with van der Waals surface area (Å²) < 4.78 is 5.47. The molecule has 0 saturated heterocycles. The van der Waals surface area contributed by atoms with Gasteiger partial charge in [-0.15, -0.1) is 0 Å². The van der Waals surface area contributed by atoms with Gasteiger partial charge in [0.1, 0.15) is 17.7 Å². The molecule has 7 heteroatoms. The molecule has 1 fully saturated rings. The van der Waals surface area contributed by atoms with Crippen LogP contribution in [0.1, 0.15) is 76.6 Å². The highest BCUT2D eigenvalue weighted by Gasteiger charge is 2.45. The molecule has 38 heavy (non-hydrogen) atoms. The number of hydrogen-bond acceptors (Lipinski definition) is 4. The molecule has 0 aliphatic heterocycles. The lowest BCUT2D eigenvalue weighted by Crippen LogP contribution is -2.55. The molecule has 3 atom stereocenters. The minimum Gasteiger partial charge on any atom is -0.444 e. The summed E-state index contributed by atoms with van der Waals surface area (Å²) in [6.45, 7) is 13.4. The molecule has 3 rings (SSSR count). The summed E-state index contributed by atoms with van der Waals surface area (Å²) in [5.74, 6) is -0.712. The van der Waals surface area contributed by atoms with Crippen molar-refractivity contribution >= 4 is 24.0 Å². The average Bonchev–Trinajstić information content (AvgIpc) is 3.73. The number of nitrogens with zero attached hydrogens (tertiary/aromatic N) is 1. The standard InChI is InChI=1S/C31H41N3O4/c1-7-21(3)26(33-30(37)38-31(4,5)6)29(36)34(25-17-18-25)27(24-16-12-15-22(8-2)19-24)28(35)32-20-23-13-10-9-11-14-23/h8-16,19,21,25-27H,2,7,17-18,20H2,1,3-6H3,(H,32,35)(H,33,37). The molecule has 1 aliphatic carbocycles. The predicted octanol–water partition coefficient (Wildman–Crippen LogP) is 5.62. The van der Waals surface area contributed by atoms with E-state index in [0.717, 1.165) is 24.0 Å². The second kappa shape index (κ2) is 12.8. The molecule has 2 N–H and O–H groups in total. The van der Waals surface area contributed by atoms with Gasteiger partial charge < -0.3 is 20.3 Å². The number of benzene rings is 2. The molecular weight excluding hydrogens is 478 g/mol. The number of rotatable bonds is 11. The van der Waals surface area contributed by atoms with Gasteiger partial charge >= 0.3 is 6.09 Å². The first-order chi connectivity index (χ1) is 18.0. The van der Waals surface area contributed by atoms with Gasteiger partial charge in [0.15, 0.2) is 0 Å². The first kappa shape index (κ1) is 29.0. The van der Waals surface area contributed by atoms with Crippen molar-refractivity contribution in [3.8, 4) is 0 Å². The second-order valence-electron chi connectivity index (χ2n) is 11.0. The number of ether oxygens (including phenoxy) is 1. The average molecular weight is 520 g/mol. The van der Waals surface area contributed by atoms with E-state index in [2.05, 4.69) is 17.2 Å². The minimum absolute atomic E-state index is 0.0886. The van der Waals surface area contributed by atoms with Gasteiger partial charge in [0.05, 0.1) is 0 Å². The van der Waals surface area contributed by atoms with E-state index in [1.807, 2.05) is 68.4 Å². The fourth-order valence-corrected chi connectivity index (χ4v) is 4.32. The van der Waals surface area contributed by atoms with E-state index in [1.165, 1.54) is 0 Å². The summed E-state index contributed by atoms with van der Waals surface area (Å²) in [4.78, 5) is 42.5. The summed E-state index contributed by atoms with van der Waals surface area (Å²) in [5, 5.41) is 5.85. The quantitative estimate of drug-likeness (QED) is 0.404. The Hall–Kier alpha value is -3.61. The molecule has 0 aromatic heterocycles. The van der Waals surface area contributed by atoms with Crippen molar-refractivity contribution in [2.45, 2.75) is 84.2 Å². The third-order valence-corrected chi connectivity index (χ3v) is 6.64. The van der Waals surface area contributed by atoms with Crippen molar-refractivity contribution in [1.29, 1.82) is 0 Å². The first-order valence-electron chi connectivity index (χ1n) is 13.4. The van der Waals surface area contributed by atoms with Gasteiger partial charge in [0, 0.05) is 12.6 Å². The van der Waals surface area contributed by atoms with Crippen LogP contribution in [0.25, 0.3) is 6.08 Å². The van der Waals surface area contributed by atoms with Crippen molar-refractivity contribution in [3.63, 3.8) is 0 Å². The van der Waals surface area contributed by atoms with Crippen molar-refractivity contribution in [2.75, 3.05) is 0 Å². The Morgan fingerprint density at radius 3 is 2.37 bits per heavy atom. The molecule has 2 aromatic carbocycles. The summed E-state index contributed by atoms with van der Waals surface area (Å²) in [6.07, 6.45) is 3.34. The van der Waals surface area contributed by atoms with Crippen LogP contribution in [0.3, 0.4) is 0 Å². The minimum atomic E-state index is -0.856. The zero-order chi connectivity index (χ0) is 27.9. The van der Waals surface area contributed by atoms with Crippen LogP contribution in [0.2, 0.25) is 0 Å². The Bertz CT molecular complexity index is 1120. The molecular formula is C31H41N3O4. The molecule has 3 unspecified atom stereocenters. The fourth-order valence-electron chi connectivity index (χ4n) is 4.32. The van der Waals surface area contributed by atoms with Crippen LogP contribution < -0.4 is 10.6 Å². The van der Waals surface area contributed by atoms with Crippen LogP contribution in [-0.4, -0.2) is 40.5 Å². The Balaban J connectivity index is 1.97. The summed E-state index contributed by atoms with van der Waals surface area (Å²) >= 11 is 0. The molecule has 204 valence electrons. The molecule has 0 bridgehead atoms. The smallest absolute Gasteiger partial charge is 0.408 e. The van der Waals surface area contributed by atoms with E-state index in [1.54, 1.807) is 31.7 Å². The van der Waals surface area contributed by atoms with E-state index in [0.29, 0.717) is 18.5 Å². The number of alkyl carbamates (subject to hydrolysis) is 1. The van der Waals surface area contributed by atoms with Gasteiger partial charge in [-0.2, -0.15) is 0 Å². The summed E-state index contributed by atoms with van der Waals surface area (Å²) in [6, 6.07) is 15.4. The van der Waals surface area contributed by atoms with Gasteiger partial charge in [0.2, 0.25) is 11.8 Å². The van der Waals surface area contributed by atoms with Gasteiger partial charge in [-0.25, -0.2) is 4.79 Å². The maximum absolute atomic E-state index is 14.2. The number of carbonyl (C=O) groups excluding carboxylic acids is 3. The van der Waals surface area contributed by atoms with E-state index in [9.17, 15) is 14.4 Å². The van der Waals surface area contributed by atoms with Gasteiger partial charge in [-0.05, 0) is 62.3 Å². The Morgan fingerprint density at radius 1 is 1.11 bits per heavy atom. The number of carbonyl (C=O) groups is 3. The molecule has 0 spiro atoms. The van der Waals surface area contributed by atoms with E-state index in [4.69, 9.17) is 4.74 Å². The largest absolute Gasteiger partial charge is 0.444 e. The molecule has 2 aromatic rings. The van der Waals surface area contributed by atoms with Crippen LogP contribution in [0, 0.1) is 5.92 Å².